The number of carbonyl (C=O) groups excluding carboxylic acids is 2. The first-order valence-corrected chi connectivity index (χ1v) is 11.3. The van der Waals surface area contributed by atoms with E-state index in [2.05, 4.69) is 20.9 Å². The number of hydrogen-bond donors (Lipinski definition) is 3. The minimum atomic E-state index is -0.698. The number of carbonyl (C=O) groups is 2. The van der Waals surface area contributed by atoms with Crippen LogP contribution in [0.5, 0.6) is 5.75 Å². The summed E-state index contributed by atoms with van der Waals surface area (Å²) in [6.07, 6.45) is 0.396. The summed E-state index contributed by atoms with van der Waals surface area (Å²) < 4.78 is 5.34. The van der Waals surface area contributed by atoms with Crippen molar-refractivity contribution in [3.05, 3.63) is 71.2 Å². The molecule has 168 valence electrons. The first-order chi connectivity index (χ1) is 15.5. The highest BCUT2D eigenvalue weighted by Gasteiger charge is 2.23. The molecule has 0 saturated heterocycles. The smallest absolute Gasteiger partial charge is 0.271 e. The molecule has 2 amide bonds. The van der Waals surface area contributed by atoms with E-state index in [4.69, 9.17) is 4.74 Å². The standard InChI is InChI=1S/C24H28N4O3S/c1-16(2)14-25-22(29)19(13-17-9-5-4-6-10-17)26-23(30)20-15-32-24(28-20)27-18-11-7-8-12-21(18)31-3/h4-12,15-16,19H,13-14H2,1-3H3,(H,25,29)(H,26,30)(H,27,28)/t19-/m0/s1. The van der Waals surface area contributed by atoms with E-state index in [1.54, 1.807) is 12.5 Å². The lowest BCUT2D eigenvalue weighted by atomic mass is 10.0. The Morgan fingerprint density at radius 3 is 2.50 bits per heavy atom. The van der Waals surface area contributed by atoms with Crippen molar-refractivity contribution in [2.24, 2.45) is 5.92 Å². The second kappa shape index (κ2) is 11.3. The monoisotopic (exact) mass is 452 g/mol. The van der Waals surface area contributed by atoms with Crippen LogP contribution in [0.1, 0.15) is 29.9 Å². The van der Waals surface area contributed by atoms with Crippen LogP contribution in [-0.2, 0) is 11.2 Å². The van der Waals surface area contributed by atoms with Crippen LogP contribution in [0.25, 0.3) is 0 Å². The fourth-order valence-electron chi connectivity index (χ4n) is 3.02. The Kier molecular flexibility index (Phi) is 8.21. The van der Waals surface area contributed by atoms with Gasteiger partial charge in [-0.25, -0.2) is 4.98 Å². The van der Waals surface area contributed by atoms with E-state index in [-0.39, 0.29) is 11.6 Å². The average Bonchev–Trinajstić information content (AvgIpc) is 3.26. The summed E-state index contributed by atoms with van der Waals surface area (Å²) in [6.45, 7) is 4.59. The number of nitrogens with one attached hydrogen (secondary N) is 3. The van der Waals surface area contributed by atoms with Gasteiger partial charge < -0.3 is 20.7 Å². The van der Waals surface area contributed by atoms with Crippen molar-refractivity contribution in [2.45, 2.75) is 26.3 Å². The highest BCUT2D eigenvalue weighted by atomic mass is 32.1. The summed E-state index contributed by atoms with van der Waals surface area (Å²) >= 11 is 1.31. The zero-order chi connectivity index (χ0) is 22.9. The molecule has 0 radical (unpaired) electrons. The number of rotatable bonds is 10. The van der Waals surface area contributed by atoms with Gasteiger partial charge in [0.15, 0.2) is 5.13 Å². The maximum atomic E-state index is 12.9. The summed E-state index contributed by atoms with van der Waals surface area (Å²) in [7, 11) is 1.60. The van der Waals surface area contributed by atoms with Crippen molar-refractivity contribution >= 4 is 34.0 Å². The molecular weight excluding hydrogens is 424 g/mol. The van der Waals surface area contributed by atoms with Crippen LogP contribution < -0.4 is 20.7 Å². The molecule has 2 aromatic carbocycles. The van der Waals surface area contributed by atoms with Crippen molar-refractivity contribution in [3.63, 3.8) is 0 Å². The normalized spacial score (nSPS) is 11.6. The van der Waals surface area contributed by atoms with Gasteiger partial charge in [0.05, 0.1) is 12.8 Å². The van der Waals surface area contributed by atoms with Crippen LogP contribution in [-0.4, -0.2) is 36.5 Å². The summed E-state index contributed by atoms with van der Waals surface area (Å²) in [4.78, 5) is 30.0. The first-order valence-electron chi connectivity index (χ1n) is 10.4. The predicted molar refractivity (Wildman–Crippen MR) is 128 cm³/mol. The van der Waals surface area contributed by atoms with Gasteiger partial charge in [-0.2, -0.15) is 0 Å². The van der Waals surface area contributed by atoms with E-state index in [9.17, 15) is 9.59 Å². The number of aromatic nitrogens is 1. The lowest BCUT2D eigenvalue weighted by Crippen LogP contribution is -2.48. The Morgan fingerprint density at radius 1 is 1.06 bits per heavy atom. The fraction of sp³-hybridized carbons (Fsp3) is 0.292. The molecule has 0 aliphatic rings. The quantitative estimate of drug-likeness (QED) is 0.432. The number of anilines is 2. The molecule has 0 spiro atoms. The molecule has 32 heavy (non-hydrogen) atoms. The van der Waals surface area contributed by atoms with Crippen molar-refractivity contribution < 1.29 is 14.3 Å². The van der Waals surface area contributed by atoms with Gasteiger partial charge in [0.25, 0.3) is 5.91 Å². The molecule has 0 saturated carbocycles. The molecule has 0 bridgehead atoms. The van der Waals surface area contributed by atoms with Crippen molar-refractivity contribution in [3.8, 4) is 5.75 Å². The van der Waals surface area contributed by atoms with E-state index >= 15 is 0 Å². The van der Waals surface area contributed by atoms with Crippen LogP contribution in [0.3, 0.4) is 0 Å². The molecule has 1 aromatic heterocycles. The number of ether oxygens (including phenoxy) is 1. The van der Waals surface area contributed by atoms with Gasteiger partial charge in [0.2, 0.25) is 5.91 Å². The number of para-hydroxylation sites is 2. The largest absolute Gasteiger partial charge is 0.495 e. The molecular formula is C24H28N4O3S. The number of hydrogen-bond acceptors (Lipinski definition) is 6. The van der Waals surface area contributed by atoms with Crippen molar-refractivity contribution in [1.29, 1.82) is 0 Å². The van der Waals surface area contributed by atoms with Gasteiger partial charge in [-0.15, -0.1) is 11.3 Å². The third-order valence-corrected chi connectivity index (χ3v) is 5.43. The van der Waals surface area contributed by atoms with Gasteiger partial charge in [0, 0.05) is 18.3 Å². The Bertz CT molecular complexity index is 1040. The number of methoxy groups -OCH3 is 1. The van der Waals surface area contributed by atoms with E-state index in [1.165, 1.54) is 11.3 Å². The van der Waals surface area contributed by atoms with Crippen molar-refractivity contribution in [2.75, 3.05) is 19.0 Å². The Labute approximate surface area is 192 Å². The average molecular weight is 453 g/mol. The van der Waals surface area contributed by atoms with Gasteiger partial charge >= 0.3 is 0 Å². The van der Waals surface area contributed by atoms with E-state index in [0.717, 1.165) is 11.3 Å². The molecule has 1 atom stereocenters. The lowest BCUT2D eigenvalue weighted by Gasteiger charge is -2.19. The lowest BCUT2D eigenvalue weighted by molar-refractivity contribution is -0.123. The van der Waals surface area contributed by atoms with Gasteiger partial charge in [-0.05, 0) is 23.6 Å². The van der Waals surface area contributed by atoms with Crippen LogP contribution >= 0.6 is 11.3 Å². The highest BCUT2D eigenvalue weighted by Crippen LogP contribution is 2.28. The number of amides is 2. The maximum absolute atomic E-state index is 12.9. The third-order valence-electron chi connectivity index (χ3n) is 4.67. The number of nitrogens with zero attached hydrogens (tertiary/aromatic N) is 1. The van der Waals surface area contributed by atoms with E-state index in [1.807, 2.05) is 68.4 Å². The van der Waals surface area contributed by atoms with Crippen LogP contribution in [0.4, 0.5) is 10.8 Å². The third kappa shape index (κ3) is 6.55. The summed E-state index contributed by atoms with van der Waals surface area (Å²) in [5.74, 6) is 0.390. The van der Waals surface area contributed by atoms with Gasteiger partial charge in [0.1, 0.15) is 17.5 Å². The molecule has 0 fully saturated rings. The summed E-state index contributed by atoms with van der Waals surface area (Å²) in [5.41, 5.74) is 1.97. The Morgan fingerprint density at radius 2 is 1.78 bits per heavy atom. The summed E-state index contributed by atoms with van der Waals surface area (Å²) in [5, 5.41) is 11.2. The fourth-order valence-corrected chi connectivity index (χ4v) is 3.72. The highest BCUT2D eigenvalue weighted by molar-refractivity contribution is 7.14. The zero-order valence-electron chi connectivity index (χ0n) is 18.4. The Hall–Kier alpha value is -3.39. The number of thiazole rings is 1. The van der Waals surface area contributed by atoms with Gasteiger partial charge in [-0.1, -0.05) is 56.3 Å². The van der Waals surface area contributed by atoms with Crippen LogP contribution in [0.15, 0.2) is 60.0 Å². The molecule has 3 rings (SSSR count). The SMILES string of the molecule is COc1ccccc1Nc1nc(C(=O)N[C@@H](Cc2ccccc2)C(=O)NCC(C)C)cs1. The second-order valence-electron chi connectivity index (χ2n) is 7.72. The molecule has 8 heteroatoms. The summed E-state index contributed by atoms with van der Waals surface area (Å²) in [6, 6.07) is 16.4. The second-order valence-corrected chi connectivity index (χ2v) is 8.58. The molecule has 3 N–H and O–H groups in total. The first kappa shape index (κ1) is 23.3. The topological polar surface area (TPSA) is 92.3 Å². The molecule has 0 aliphatic heterocycles. The van der Waals surface area contributed by atoms with Gasteiger partial charge in [-0.3, -0.25) is 9.59 Å². The Balaban J connectivity index is 1.70. The molecule has 7 nitrogen and oxygen atoms in total. The minimum absolute atomic E-state index is 0.210. The number of benzene rings is 2. The maximum Gasteiger partial charge on any atom is 0.271 e. The van der Waals surface area contributed by atoms with E-state index < -0.39 is 11.9 Å². The minimum Gasteiger partial charge on any atom is -0.495 e. The molecule has 0 unspecified atom stereocenters. The van der Waals surface area contributed by atoms with Crippen LogP contribution in [0, 0.1) is 5.92 Å². The molecule has 0 aliphatic carbocycles. The molecule has 1 heterocycles. The van der Waals surface area contributed by atoms with Crippen LogP contribution in [0.2, 0.25) is 0 Å². The van der Waals surface area contributed by atoms with Crippen molar-refractivity contribution in [1.82, 2.24) is 15.6 Å². The molecule has 3 aromatic rings. The zero-order valence-corrected chi connectivity index (χ0v) is 19.2. The van der Waals surface area contributed by atoms with E-state index in [0.29, 0.717) is 29.8 Å². The predicted octanol–water partition coefficient (Wildman–Crippen LogP) is 4.01.